The van der Waals surface area contributed by atoms with Crippen LogP contribution in [0.15, 0.2) is 97.1 Å². The normalized spacial score (nSPS) is 11.1. The summed E-state index contributed by atoms with van der Waals surface area (Å²) in [5.74, 6) is -1.23. The van der Waals surface area contributed by atoms with Crippen LogP contribution in [-0.4, -0.2) is 22.6 Å². The second-order valence-electron chi connectivity index (χ2n) is 9.18. The van der Waals surface area contributed by atoms with E-state index in [4.69, 9.17) is 4.74 Å². The van der Waals surface area contributed by atoms with E-state index in [2.05, 4.69) is 5.32 Å². The van der Waals surface area contributed by atoms with E-state index in [9.17, 15) is 14.7 Å². The van der Waals surface area contributed by atoms with Crippen LogP contribution < -0.4 is 5.32 Å². The molecular formula is C30H27NO4. The van der Waals surface area contributed by atoms with Crippen molar-refractivity contribution in [2.24, 2.45) is 0 Å². The third-order valence-electron chi connectivity index (χ3n) is 5.34. The van der Waals surface area contributed by atoms with Gasteiger partial charge in [-0.15, -0.1) is 0 Å². The SMILES string of the molecule is CC(C)(C)OC(=O)c1ccc(-c2ccccc2)cc1NC(=O)c1cc(-c2ccccc2)ccc1O. The highest BCUT2D eigenvalue weighted by Gasteiger charge is 2.23. The highest BCUT2D eigenvalue weighted by atomic mass is 16.6. The number of rotatable bonds is 5. The van der Waals surface area contributed by atoms with E-state index in [-0.39, 0.29) is 16.9 Å². The van der Waals surface area contributed by atoms with Gasteiger partial charge < -0.3 is 15.2 Å². The van der Waals surface area contributed by atoms with Crippen LogP contribution in [0.25, 0.3) is 22.3 Å². The van der Waals surface area contributed by atoms with E-state index in [0.29, 0.717) is 5.69 Å². The molecule has 4 rings (SSSR count). The standard InChI is InChI=1S/C30H27NO4/c1-30(2,3)35-29(34)24-16-14-23(21-12-8-5-9-13-21)19-26(24)31-28(33)25-18-22(15-17-27(25)32)20-10-6-4-7-11-20/h4-19,32H,1-3H3,(H,31,33). The Hall–Kier alpha value is -4.38. The van der Waals surface area contributed by atoms with Crippen molar-refractivity contribution in [3.05, 3.63) is 108 Å². The molecule has 5 nitrogen and oxygen atoms in total. The number of amides is 1. The minimum Gasteiger partial charge on any atom is -0.507 e. The van der Waals surface area contributed by atoms with Gasteiger partial charge in [0.25, 0.3) is 5.91 Å². The lowest BCUT2D eigenvalue weighted by molar-refractivity contribution is 0.00708. The quantitative estimate of drug-likeness (QED) is 0.313. The van der Waals surface area contributed by atoms with Gasteiger partial charge in [-0.25, -0.2) is 4.79 Å². The third kappa shape index (κ3) is 5.76. The predicted molar refractivity (Wildman–Crippen MR) is 139 cm³/mol. The van der Waals surface area contributed by atoms with Gasteiger partial charge in [0, 0.05) is 0 Å². The molecule has 2 N–H and O–H groups in total. The van der Waals surface area contributed by atoms with Gasteiger partial charge in [-0.05, 0) is 67.3 Å². The van der Waals surface area contributed by atoms with Gasteiger partial charge in [0.1, 0.15) is 11.4 Å². The largest absolute Gasteiger partial charge is 0.507 e. The lowest BCUT2D eigenvalue weighted by Gasteiger charge is -2.21. The Morgan fingerprint density at radius 2 is 1.23 bits per heavy atom. The minimum absolute atomic E-state index is 0.103. The second-order valence-corrected chi connectivity index (χ2v) is 9.18. The Balaban J connectivity index is 1.72. The van der Waals surface area contributed by atoms with Crippen LogP contribution in [0.3, 0.4) is 0 Å². The highest BCUT2D eigenvalue weighted by Crippen LogP contribution is 2.30. The predicted octanol–water partition coefficient (Wildman–Crippen LogP) is 6.93. The molecule has 0 heterocycles. The van der Waals surface area contributed by atoms with E-state index in [0.717, 1.165) is 22.3 Å². The van der Waals surface area contributed by atoms with Crippen molar-refractivity contribution in [2.45, 2.75) is 26.4 Å². The topological polar surface area (TPSA) is 75.6 Å². The summed E-state index contributed by atoms with van der Waals surface area (Å²) >= 11 is 0. The Kier molecular flexibility index (Phi) is 6.69. The number of carbonyl (C=O) groups excluding carboxylic acids is 2. The average Bonchev–Trinajstić information content (AvgIpc) is 2.84. The van der Waals surface area contributed by atoms with Crippen molar-refractivity contribution in [3.8, 4) is 28.0 Å². The molecule has 4 aromatic carbocycles. The summed E-state index contributed by atoms with van der Waals surface area (Å²) in [6.07, 6.45) is 0. The number of esters is 1. The van der Waals surface area contributed by atoms with Crippen molar-refractivity contribution in [3.63, 3.8) is 0 Å². The Morgan fingerprint density at radius 1 is 0.686 bits per heavy atom. The van der Waals surface area contributed by atoms with E-state index in [1.165, 1.54) is 6.07 Å². The molecule has 0 aliphatic carbocycles. The van der Waals surface area contributed by atoms with Gasteiger partial charge in [0.2, 0.25) is 0 Å². The molecule has 0 aromatic heterocycles. The molecule has 1 amide bonds. The molecular weight excluding hydrogens is 438 g/mol. The maximum absolute atomic E-state index is 13.3. The molecule has 0 saturated carbocycles. The molecule has 35 heavy (non-hydrogen) atoms. The third-order valence-corrected chi connectivity index (χ3v) is 5.34. The van der Waals surface area contributed by atoms with Crippen LogP contribution in [0.4, 0.5) is 5.69 Å². The Morgan fingerprint density at radius 3 is 1.80 bits per heavy atom. The van der Waals surface area contributed by atoms with E-state index in [1.807, 2.05) is 66.7 Å². The van der Waals surface area contributed by atoms with E-state index in [1.54, 1.807) is 45.0 Å². The number of aromatic hydroxyl groups is 1. The first kappa shape index (κ1) is 23.8. The van der Waals surface area contributed by atoms with Gasteiger partial charge in [0.05, 0.1) is 16.8 Å². The summed E-state index contributed by atoms with van der Waals surface area (Å²) in [7, 11) is 0. The Bertz CT molecular complexity index is 1360. The van der Waals surface area contributed by atoms with E-state index < -0.39 is 17.5 Å². The number of nitrogens with one attached hydrogen (secondary N) is 1. The summed E-state index contributed by atoms with van der Waals surface area (Å²) in [4.78, 5) is 26.2. The first-order chi connectivity index (χ1) is 16.7. The molecule has 0 saturated heterocycles. The number of hydrogen-bond acceptors (Lipinski definition) is 4. The summed E-state index contributed by atoms with van der Waals surface area (Å²) in [5.41, 5.74) is 3.41. The number of phenols is 1. The number of anilines is 1. The zero-order valence-electron chi connectivity index (χ0n) is 19.9. The van der Waals surface area contributed by atoms with Crippen molar-refractivity contribution < 1.29 is 19.4 Å². The van der Waals surface area contributed by atoms with Crippen LogP contribution >= 0.6 is 0 Å². The summed E-state index contributed by atoms with van der Waals surface area (Å²) < 4.78 is 5.56. The summed E-state index contributed by atoms with van der Waals surface area (Å²) in [5, 5.41) is 13.3. The molecule has 0 aliphatic rings. The first-order valence-electron chi connectivity index (χ1n) is 11.3. The number of hydrogen-bond donors (Lipinski definition) is 2. The van der Waals surface area contributed by atoms with Crippen molar-refractivity contribution in [1.29, 1.82) is 0 Å². The number of carbonyl (C=O) groups is 2. The summed E-state index contributed by atoms with van der Waals surface area (Å²) in [6, 6.07) is 29.3. The number of ether oxygens (including phenoxy) is 1. The lowest BCUT2D eigenvalue weighted by Crippen LogP contribution is -2.25. The molecule has 0 aliphatic heterocycles. The first-order valence-corrected chi connectivity index (χ1v) is 11.3. The molecule has 0 bridgehead atoms. The lowest BCUT2D eigenvalue weighted by atomic mass is 10.0. The summed E-state index contributed by atoms with van der Waals surface area (Å²) in [6.45, 7) is 5.36. The van der Waals surface area contributed by atoms with Crippen LogP contribution in [0.2, 0.25) is 0 Å². The van der Waals surface area contributed by atoms with Gasteiger partial charge in [-0.1, -0.05) is 72.8 Å². The van der Waals surface area contributed by atoms with Crippen LogP contribution in [0, 0.1) is 0 Å². The van der Waals surface area contributed by atoms with Gasteiger partial charge in [-0.3, -0.25) is 4.79 Å². The Labute approximate surface area is 205 Å². The van der Waals surface area contributed by atoms with Crippen molar-refractivity contribution >= 4 is 17.6 Å². The highest BCUT2D eigenvalue weighted by molar-refractivity contribution is 6.10. The van der Waals surface area contributed by atoms with Crippen LogP contribution in [0.1, 0.15) is 41.5 Å². The average molecular weight is 466 g/mol. The molecule has 4 aromatic rings. The maximum atomic E-state index is 13.3. The molecule has 5 heteroatoms. The monoisotopic (exact) mass is 465 g/mol. The minimum atomic E-state index is -0.696. The van der Waals surface area contributed by atoms with Gasteiger partial charge in [0.15, 0.2) is 0 Å². The van der Waals surface area contributed by atoms with Crippen molar-refractivity contribution in [2.75, 3.05) is 5.32 Å². The molecule has 0 unspecified atom stereocenters. The van der Waals surface area contributed by atoms with E-state index >= 15 is 0 Å². The zero-order valence-corrected chi connectivity index (χ0v) is 19.9. The van der Waals surface area contributed by atoms with Gasteiger partial charge in [-0.2, -0.15) is 0 Å². The molecule has 0 atom stereocenters. The maximum Gasteiger partial charge on any atom is 0.340 e. The fourth-order valence-corrected chi connectivity index (χ4v) is 3.69. The molecule has 0 radical (unpaired) electrons. The fraction of sp³-hybridized carbons (Fsp3) is 0.133. The molecule has 176 valence electrons. The number of benzene rings is 4. The fourth-order valence-electron chi connectivity index (χ4n) is 3.69. The number of phenolic OH excluding ortho intramolecular Hbond substituents is 1. The molecule has 0 spiro atoms. The van der Waals surface area contributed by atoms with Crippen LogP contribution in [-0.2, 0) is 4.74 Å². The zero-order chi connectivity index (χ0) is 25.0. The van der Waals surface area contributed by atoms with Crippen molar-refractivity contribution in [1.82, 2.24) is 0 Å². The smallest absolute Gasteiger partial charge is 0.340 e. The molecule has 0 fully saturated rings. The van der Waals surface area contributed by atoms with Gasteiger partial charge >= 0.3 is 5.97 Å². The van der Waals surface area contributed by atoms with Crippen LogP contribution in [0.5, 0.6) is 5.75 Å². The second kappa shape index (κ2) is 9.85.